The number of fused-ring (bicyclic) bond motifs is 1. The molecule has 176 valence electrons. The normalized spacial score (nSPS) is 16.1. The first-order valence-electron chi connectivity index (χ1n) is 10.5. The summed E-state index contributed by atoms with van der Waals surface area (Å²) in [6.45, 7) is 1.16. The molecule has 4 aromatic rings. The Balaban J connectivity index is 1.56. The van der Waals surface area contributed by atoms with Crippen LogP contribution in [0.1, 0.15) is 22.3 Å². The maximum Gasteiger partial charge on any atom is 0.435 e. The number of halogens is 3. The Kier molecular flexibility index (Phi) is 6.07. The molecular formula is C23H21F3N6OS. The monoisotopic (exact) mass is 486 g/mol. The van der Waals surface area contributed by atoms with Gasteiger partial charge in [-0.1, -0.05) is 18.2 Å². The number of hydrogen-bond acceptors (Lipinski definition) is 6. The van der Waals surface area contributed by atoms with Crippen LogP contribution in [0.25, 0.3) is 22.0 Å². The van der Waals surface area contributed by atoms with E-state index in [2.05, 4.69) is 31.8 Å². The minimum absolute atomic E-state index is 0.0605. The average molecular weight is 487 g/mol. The second kappa shape index (κ2) is 9.16. The van der Waals surface area contributed by atoms with E-state index in [4.69, 9.17) is 5.11 Å². The van der Waals surface area contributed by atoms with Crippen LogP contribution in [-0.4, -0.2) is 38.7 Å². The van der Waals surface area contributed by atoms with Gasteiger partial charge < -0.3 is 15.3 Å². The Labute approximate surface area is 197 Å². The molecule has 1 atom stereocenters. The van der Waals surface area contributed by atoms with Gasteiger partial charge in [0, 0.05) is 30.2 Å². The van der Waals surface area contributed by atoms with Crippen LogP contribution in [0.3, 0.4) is 0 Å². The SMILES string of the molecule is OCCNCc1cccc(-c2cc3cn[nH]c3cc2N2C=CSC2c2cc(C(F)(F)F)n[nH]2)c1. The minimum Gasteiger partial charge on any atom is -0.395 e. The van der Waals surface area contributed by atoms with E-state index in [9.17, 15) is 13.2 Å². The smallest absolute Gasteiger partial charge is 0.395 e. The molecule has 5 rings (SSSR count). The molecular weight excluding hydrogens is 465 g/mol. The lowest BCUT2D eigenvalue weighted by Gasteiger charge is -2.26. The quantitative estimate of drug-likeness (QED) is 0.281. The third kappa shape index (κ3) is 4.41. The summed E-state index contributed by atoms with van der Waals surface area (Å²) in [7, 11) is 0. The molecule has 0 saturated heterocycles. The maximum absolute atomic E-state index is 13.1. The zero-order chi connectivity index (χ0) is 23.7. The molecule has 1 aliphatic heterocycles. The Morgan fingerprint density at radius 3 is 2.82 bits per heavy atom. The molecule has 0 bridgehead atoms. The fraction of sp³-hybridized carbons (Fsp3) is 0.217. The molecule has 3 heterocycles. The number of rotatable bonds is 7. The van der Waals surface area contributed by atoms with E-state index in [1.54, 1.807) is 6.20 Å². The van der Waals surface area contributed by atoms with Crippen molar-refractivity contribution in [2.24, 2.45) is 0 Å². The number of aromatic amines is 2. The van der Waals surface area contributed by atoms with Crippen LogP contribution >= 0.6 is 11.8 Å². The van der Waals surface area contributed by atoms with Crippen molar-refractivity contribution in [3.63, 3.8) is 0 Å². The first-order valence-corrected chi connectivity index (χ1v) is 11.5. The highest BCUT2D eigenvalue weighted by Crippen LogP contribution is 2.46. The lowest BCUT2D eigenvalue weighted by atomic mass is 9.99. The molecule has 0 amide bonds. The number of hydrogen-bond donors (Lipinski definition) is 4. The number of aromatic nitrogens is 4. The molecule has 4 N–H and O–H groups in total. The van der Waals surface area contributed by atoms with E-state index in [1.807, 2.05) is 46.8 Å². The predicted octanol–water partition coefficient (Wildman–Crippen LogP) is 4.78. The predicted molar refractivity (Wildman–Crippen MR) is 126 cm³/mol. The highest BCUT2D eigenvalue weighted by molar-refractivity contribution is 8.02. The van der Waals surface area contributed by atoms with E-state index < -0.39 is 17.2 Å². The van der Waals surface area contributed by atoms with Crippen molar-refractivity contribution >= 4 is 28.4 Å². The van der Waals surface area contributed by atoms with E-state index in [0.29, 0.717) is 18.8 Å². The highest BCUT2D eigenvalue weighted by atomic mass is 32.2. The van der Waals surface area contributed by atoms with Crippen LogP contribution in [0.2, 0.25) is 0 Å². The molecule has 2 aromatic heterocycles. The molecule has 34 heavy (non-hydrogen) atoms. The Morgan fingerprint density at radius 2 is 2.03 bits per heavy atom. The van der Waals surface area contributed by atoms with Gasteiger partial charge in [-0.2, -0.15) is 23.4 Å². The van der Waals surface area contributed by atoms with Crippen molar-refractivity contribution in [3.05, 3.63) is 77.2 Å². The summed E-state index contributed by atoms with van der Waals surface area (Å²) in [5.74, 6) is 0. The number of anilines is 1. The zero-order valence-electron chi connectivity index (χ0n) is 17.8. The van der Waals surface area contributed by atoms with Gasteiger partial charge in [0.15, 0.2) is 5.69 Å². The number of aliphatic hydroxyl groups is 1. The molecule has 0 aliphatic carbocycles. The summed E-state index contributed by atoms with van der Waals surface area (Å²) in [5, 5.41) is 27.7. The van der Waals surface area contributed by atoms with Gasteiger partial charge in [0.2, 0.25) is 0 Å². The van der Waals surface area contributed by atoms with Gasteiger partial charge in [-0.3, -0.25) is 10.2 Å². The average Bonchev–Trinajstić information content (AvgIpc) is 3.58. The number of nitrogens with zero attached hydrogens (tertiary/aromatic N) is 3. The van der Waals surface area contributed by atoms with Crippen LogP contribution in [0.15, 0.2) is 60.3 Å². The van der Waals surface area contributed by atoms with E-state index in [1.165, 1.54) is 11.8 Å². The lowest BCUT2D eigenvalue weighted by Crippen LogP contribution is -2.18. The number of H-pyrrole nitrogens is 2. The minimum atomic E-state index is -4.51. The van der Waals surface area contributed by atoms with Crippen molar-refractivity contribution in [3.8, 4) is 11.1 Å². The molecule has 2 aromatic carbocycles. The Morgan fingerprint density at radius 1 is 1.15 bits per heavy atom. The molecule has 0 saturated carbocycles. The standard InChI is InChI=1S/C23H21F3N6OS/c24-23(25,26)21-11-19(30-31-21)22-32(5-7-34-22)20-10-18-16(13-28-29-18)9-17(20)15-3-1-2-14(8-15)12-27-4-6-33/h1-3,5,7-11,13,22,27,33H,4,6,12H2,(H,28,29)(H,30,31). The van der Waals surface area contributed by atoms with E-state index >= 15 is 0 Å². The van der Waals surface area contributed by atoms with Gasteiger partial charge in [-0.25, -0.2) is 0 Å². The van der Waals surface area contributed by atoms with Crippen LogP contribution in [0.5, 0.6) is 0 Å². The molecule has 11 heteroatoms. The van der Waals surface area contributed by atoms with Crippen LogP contribution < -0.4 is 10.2 Å². The van der Waals surface area contributed by atoms with Gasteiger partial charge in [-0.05, 0) is 40.8 Å². The molecule has 7 nitrogen and oxygen atoms in total. The lowest BCUT2D eigenvalue weighted by molar-refractivity contribution is -0.141. The van der Waals surface area contributed by atoms with Crippen molar-refractivity contribution in [1.82, 2.24) is 25.7 Å². The molecule has 1 aliphatic rings. The van der Waals surface area contributed by atoms with E-state index in [-0.39, 0.29) is 6.61 Å². The van der Waals surface area contributed by atoms with Gasteiger partial charge in [0.25, 0.3) is 0 Å². The summed E-state index contributed by atoms with van der Waals surface area (Å²) in [6, 6.07) is 13.1. The van der Waals surface area contributed by atoms with E-state index in [0.717, 1.165) is 39.3 Å². The second-order valence-electron chi connectivity index (χ2n) is 7.81. The van der Waals surface area contributed by atoms with Gasteiger partial charge in [0.1, 0.15) is 5.37 Å². The molecule has 0 radical (unpaired) electrons. The number of aliphatic hydroxyl groups excluding tert-OH is 1. The fourth-order valence-corrected chi connectivity index (χ4v) is 4.87. The molecule has 0 fully saturated rings. The van der Waals surface area contributed by atoms with Crippen molar-refractivity contribution in [2.75, 3.05) is 18.1 Å². The maximum atomic E-state index is 13.1. The summed E-state index contributed by atoms with van der Waals surface area (Å²) in [4.78, 5) is 1.94. The second-order valence-corrected chi connectivity index (χ2v) is 8.81. The number of alkyl halides is 3. The number of thioether (sulfide) groups is 1. The first-order chi connectivity index (χ1) is 16.4. The molecule has 1 unspecified atom stereocenters. The zero-order valence-corrected chi connectivity index (χ0v) is 18.6. The topological polar surface area (TPSA) is 92.9 Å². The van der Waals surface area contributed by atoms with Gasteiger partial charge in [0.05, 0.1) is 29.7 Å². The molecule has 0 spiro atoms. The largest absolute Gasteiger partial charge is 0.435 e. The van der Waals surface area contributed by atoms with Crippen LogP contribution in [-0.2, 0) is 12.7 Å². The summed E-state index contributed by atoms with van der Waals surface area (Å²) in [5.41, 5.74) is 4.00. The van der Waals surface area contributed by atoms with Crippen LogP contribution in [0.4, 0.5) is 18.9 Å². The third-order valence-electron chi connectivity index (χ3n) is 5.53. The fourth-order valence-electron chi connectivity index (χ4n) is 3.94. The number of benzene rings is 2. The van der Waals surface area contributed by atoms with Crippen molar-refractivity contribution < 1.29 is 18.3 Å². The third-order valence-corrected chi connectivity index (χ3v) is 6.54. The van der Waals surface area contributed by atoms with Crippen molar-refractivity contribution in [1.29, 1.82) is 0 Å². The summed E-state index contributed by atoms with van der Waals surface area (Å²) >= 11 is 1.40. The number of nitrogens with one attached hydrogen (secondary N) is 3. The summed E-state index contributed by atoms with van der Waals surface area (Å²) < 4.78 is 39.4. The van der Waals surface area contributed by atoms with Crippen molar-refractivity contribution in [2.45, 2.75) is 18.1 Å². The Bertz CT molecular complexity index is 1330. The highest BCUT2D eigenvalue weighted by Gasteiger charge is 2.36. The van der Waals surface area contributed by atoms with Gasteiger partial charge >= 0.3 is 6.18 Å². The Hall–Kier alpha value is -3.28. The van der Waals surface area contributed by atoms with Gasteiger partial charge in [-0.15, -0.1) is 11.8 Å². The summed E-state index contributed by atoms with van der Waals surface area (Å²) in [6.07, 6.45) is -0.913. The van der Waals surface area contributed by atoms with Crippen LogP contribution in [0, 0.1) is 0 Å². The first kappa shape index (κ1) is 22.5.